The second-order valence-corrected chi connectivity index (χ2v) is 7.96. The number of anilines is 2. The van der Waals surface area contributed by atoms with Crippen molar-refractivity contribution in [1.82, 2.24) is 4.90 Å². The number of nitrogens with one attached hydrogen (secondary N) is 2. The molecule has 1 heterocycles. The van der Waals surface area contributed by atoms with Gasteiger partial charge in [0.15, 0.2) is 0 Å². The quantitative estimate of drug-likeness (QED) is 0.698. The number of nitrogens with zero attached hydrogens (tertiary/aromatic N) is 1. The van der Waals surface area contributed by atoms with E-state index in [0.717, 1.165) is 30.0 Å². The molecular formula is C24H31N3O3. The summed E-state index contributed by atoms with van der Waals surface area (Å²) >= 11 is 0. The van der Waals surface area contributed by atoms with Crippen molar-refractivity contribution in [2.75, 3.05) is 43.5 Å². The molecule has 2 amide bonds. The first kappa shape index (κ1) is 22.0. The molecule has 1 aliphatic heterocycles. The summed E-state index contributed by atoms with van der Waals surface area (Å²) in [6.07, 6.45) is 1.14. The van der Waals surface area contributed by atoms with Crippen LogP contribution in [0.25, 0.3) is 0 Å². The Morgan fingerprint density at radius 2 is 1.47 bits per heavy atom. The molecule has 0 aliphatic carbocycles. The van der Waals surface area contributed by atoms with Crippen LogP contribution < -0.4 is 10.6 Å². The van der Waals surface area contributed by atoms with Crippen LogP contribution in [0.15, 0.2) is 48.5 Å². The molecular weight excluding hydrogens is 378 g/mol. The van der Waals surface area contributed by atoms with Gasteiger partial charge in [-0.1, -0.05) is 38.1 Å². The first-order valence-corrected chi connectivity index (χ1v) is 10.6. The molecule has 0 saturated carbocycles. The van der Waals surface area contributed by atoms with Crippen molar-refractivity contribution in [3.63, 3.8) is 0 Å². The summed E-state index contributed by atoms with van der Waals surface area (Å²) in [6.45, 7) is 7.60. The zero-order valence-electron chi connectivity index (χ0n) is 17.8. The summed E-state index contributed by atoms with van der Waals surface area (Å²) < 4.78 is 5.29. The van der Waals surface area contributed by atoms with Crippen LogP contribution >= 0.6 is 0 Å². The second-order valence-electron chi connectivity index (χ2n) is 7.96. The highest BCUT2D eigenvalue weighted by molar-refractivity contribution is 5.93. The number of aryl methyl sites for hydroxylation is 1. The van der Waals surface area contributed by atoms with E-state index in [1.165, 1.54) is 5.56 Å². The Bertz CT molecular complexity index is 826. The molecule has 2 aromatic carbocycles. The molecule has 1 saturated heterocycles. The zero-order valence-corrected chi connectivity index (χ0v) is 17.8. The van der Waals surface area contributed by atoms with Gasteiger partial charge in [-0.3, -0.25) is 14.5 Å². The summed E-state index contributed by atoms with van der Waals surface area (Å²) in [5.74, 6) is 0.443. The van der Waals surface area contributed by atoms with Crippen molar-refractivity contribution in [3.05, 3.63) is 59.7 Å². The van der Waals surface area contributed by atoms with Gasteiger partial charge in [0.2, 0.25) is 11.8 Å². The third kappa shape index (κ3) is 6.97. The maximum atomic E-state index is 12.2. The average molecular weight is 410 g/mol. The van der Waals surface area contributed by atoms with E-state index in [4.69, 9.17) is 4.74 Å². The molecule has 0 radical (unpaired) electrons. The van der Waals surface area contributed by atoms with Gasteiger partial charge in [0.25, 0.3) is 0 Å². The predicted molar refractivity (Wildman–Crippen MR) is 120 cm³/mol. The summed E-state index contributed by atoms with van der Waals surface area (Å²) in [7, 11) is 0. The van der Waals surface area contributed by atoms with Crippen LogP contribution in [-0.2, 0) is 20.7 Å². The van der Waals surface area contributed by atoms with Gasteiger partial charge < -0.3 is 15.4 Å². The van der Waals surface area contributed by atoms with Crippen LogP contribution in [0.5, 0.6) is 0 Å². The van der Waals surface area contributed by atoms with Crippen LogP contribution in [0.2, 0.25) is 0 Å². The van der Waals surface area contributed by atoms with Crippen molar-refractivity contribution in [2.24, 2.45) is 0 Å². The number of morpholine rings is 1. The monoisotopic (exact) mass is 409 g/mol. The smallest absolute Gasteiger partial charge is 0.238 e. The molecule has 0 spiro atoms. The minimum atomic E-state index is -0.0443. The van der Waals surface area contributed by atoms with E-state index in [1.807, 2.05) is 0 Å². The van der Waals surface area contributed by atoms with Crippen molar-refractivity contribution >= 4 is 23.2 Å². The van der Waals surface area contributed by atoms with Crippen LogP contribution in [0.3, 0.4) is 0 Å². The van der Waals surface area contributed by atoms with Gasteiger partial charge in [0.05, 0.1) is 19.8 Å². The number of hydrogen-bond donors (Lipinski definition) is 2. The second kappa shape index (κ2) is 10.9. The first-order valence-electron chi connectivity index (χ1n) is 10.6. The number of hydrogen-bond acceptors (Lipinski definition) is 4. The maximum absolute atomic E-state index is 12.2. The lowest BCUT2D eigenvalue weighted by Crippen LogP contribution is -2.41. The van der Waals surface area contributed by atoms with Gasteiger partial charge in [-0.15, -0.1) is 0 Å². The number of carbonyl (C=O) groups is 2. The van der Waals surface area contributed by atoms with Gasteiger partial charge in [-0.25, -0.2) is 0 Å². The Hall–Kier alpha value is -2.70. The SMILES string of the molecule is CC(C)c1ccc(CCC(=O)Nc2ccc(NC(=O)CN3CCOCC3)cc2)cc1. The molecule has 0 atom stereocenters. The van der Waals surface area contributed by atoms with Crippen LogP contribution in [0, 0.1) is 0 Å². The fourth-order valence-electron chi connectivity index (χ4n) is 3.35. The fraction of sp³-hybridized carbons (Fsp3) is 0.417. The lowest BCUT2D eigenvalue weighted by Gasteiger charge is -2.25. The lowest BCUT2D eigenvalue weighted by molar-refractivity contribution is -0.118. The molecule has 0 unspecified atom stereocenters. The van der Waals surface area contributed by atoms with Gasteiger partial charge in [0, 0.05) is 30.9 Å². The first-order chi connectivity index (χ1) is 14.5. The van der Waals surface area contributed by atoms with Crippen molar-refractivity contribution in [2.45, 2.75) is 32.6 Å². The number of rotatable bonds is 8. The highest BCUT2D eigenvalue weighted by Crippen LogP contribution is 2.17. The molecule has 160 valence electrons. The zero-order chi connectivity index (χ0) is 21.3. The van der Waals surface area contributed by atoms with E-state index in [2.05, 4.69) is 53.6 Å². The normalized spacial score (nSPS) is 14.5. The van der Waals surface area contributed by atoms with Gasteiger partial charge in [-0.05, 0) is 47.7 Å². The number of amides is 2. The predicted octanol–water partition coefficient (Wildman–Crippen LogP) is 3.65. The molecule has 0 aromatic heterocycles. The third-order valence-electron chi connectivity index (χ3n) is 5.21. The average Bonchev–Trinajstić information content (AvgIpc) is 2.74. The van der Waals surface area contributed by atoms with Crippen LogP contribution in [-0.4, -0.2) is 49.6 Å². The number of benzene rings is 2. The van der Waals surface area contributed by atoms with E-state index < -0.39 is 0 Å². The Morgan fingerprint density at radius 3 is 2.03 bits per heavy atom. The highest BCUT2D eigenvalue weighted by atomic mass is 16.5. The van der Waals surface area contributed by atoms with Crippen molar-refractivity contribution in [1.29, 1.82) is 0 Å². The minimum Gasteiger partial charge on any atom is -0.379 e. The Morgan fingerprint density at radius 1 is 0.900 bits per heavy atom. The fourth-order valence-corrected chi connectivity index (χ4v) is 3.35. The Kier molecular flexibility index (Phi) is 7.99. The summed E-state index contributed by atoms with van der Waals surface area (Å²) in [4.78, 5) is 26.5. The van der Waals surface area contributed by atoms with Crippen LogP contribution in [0.4, 0.5) is 11.4 Å². The summed E-state index contributed by atoms with van der Waals surface area (Å²) in [5, 5.41) is 5.81. The number of ether oxygens (including phenoxy) is 1. The maximum Gasteiger partial charge on any atom is 0.238 e. The van der Waals surface area contributed by atoms with E-state index in [-0.39, 0.29) is 11.8 Å². The number of carbonyl (C=O) groups excluding carboxylic acids is 2. The molecule has 1 aliphatic rings. The molecule has 3 rings (SSSR count). The van der Waals surface area contributed by atoms with E-state index in [0.29, 0.717) is 38.5 Å². The molecule has 1 fully saturated rings. The van der Waals surface area contributed by atoms with Crippen LogP contribution in [0.1, 0.15) is 37.3 Å². The van der Waals surface area contributed by atoms with E-state index in [1.54, 1.807) is 24.3 Å². The largest absolute Gasteiger partial charge is 0.379 e. The molecule has 2 aromatic rings. The highest BCUT2D eigenvalue weighted by Gasteiger charge is 2.14. The van der Waals surface area contributed by atoms with Crippen molar-refractivity contribution < 1.29 is 14.3 Å². The molecule has 6 nitrogen and oxygen atoms in total. The topological polar surface area (TPSA) is 70.7 Å². The molecule has 2 N–H and O–H groups in total. The standard InChI is InChI=1S/C24H31N3O3/c1-18(2)20-6-3-19(4-7-20)5-12-23(28)25-21-8-10-22(11-9-21)26-24(29)17-27-13-15-30-16-14-27/h3-4,6-11,18H,5,12-17H2,1-2H3,(H,25,28)(H,26,29). The third-order valence-corrected chi connectivity index (χ3v) is 5.21. The van der Waals surface area contributed by atoms with Crippen molar-refractivity contribution in [3.8, 4) is 0 Å². The summed E-state index contributed by atoms with van der Waals surface area (Å²) in [6, 6.07) is 15.7. The molecule has 30 heavy (non-hydrogen) atoms. The minimum absolute atomic E-state index is 0.0213. The Labute approximate surface area is 178 Å². The van der Waals surface area contributed by atoms with E-state index >= 15 is 0 Å². The van der Waals surface area contributed by atoms with Gasteiger partial charge in [-0.2, -0.15) is 0 Å². The molecule has 0 bridgehead atoms. The Balaban J connectivity index is 1.41. The molecule has 6 heteroatoms. The van der Waals surface area contributed by atoms with Gasteiger partial charge in [0.1, 0.15) is 0 Å². The summed E-state index contributed by atoms with van der Waals surface area (Å²) in [5.41, 5.74) is 3.91. The van der Waals surface area contributed by atoms with E-state index in [9.17, 15) is 9.59 Å². The van der Waals surface area contributed by atoms with Gasteiger partial charge >= 0.3 is 0 Å². The lowest BCUT2D eigenvalue weighted by atomic mass is 10.0.